The van der Waals surface area contributed by atoms with E-state index in [9.17, 15) is 13.2 Å². The fraction of sp³-hybridized carbons (Fsp3) is 0.300. The molecule has 148 valence electrons. The van der Waals surface area contributed by atoms with Gasteiger partial charge in [-0.2, -0.15) is 0 Å². The molecule has 0 atom stereocenters. The number of hydrogen-bond donors (Lipinski definition) is 1. The smallest absolute Gasteiger partial charge is 0.266 e. The first-order valence-corrected chi connectivity index (χ1v) is 11.8. The van der Waals surface area contributed by atoms with Gasteiger partial charge in [-0.15, -0.1) is 0 Å². The molecule has 0 fully saturated rings. The largest absolute Gasteiger partial charge is 0.268 e. The van der Waals surface area contributed by atoms with Gasteiger partial charge in [-0.25, -0.2) is 18.1 Å². The van der Waals surface area contributed by atoms with Crippen LogP contribution in [0.1, 0.15) is 19.4 Å². The van der Waals surface area contributed by atoms with Crippen molar-refractivity contribution in [2.75, 3.05) is 18.1 Å². The lowest BCUT2D eigenvalue weighted by molar-refractivity contribution is 0.585. The molecule has 0 radical (unpaired) electrons. The zero-order valence-corrected chi connectivity index (χ0v) is 17.5. The first-order chi connectivity index (χ1) is 13.4. The minimum Gasteiger partial charge on any atom is -0.268 e. The Morgan fingerprint density at radius 3 is 2.46 bits per heavy atom. The van der Waals surface area contributed by atoms with Crippen LogP contribution >= 0.6 is 11.8 Å². The van der Waals surface area contributed by atoms with Gasteiger partial charge >= 0.3 is 0 Å². The summed E-state index contributed by atoms with van der Waals surface area (Å²) in [5.74, 6) is 0.511. The quantitative estimate of drug-likeness (QED) is 0.346. The van der Waals surface area contributed by atoms with Crippen LogP contribution in [0.4, 0.5) is 0 Å². The van der Waals surface area contributed by atoms with Crippen molar-refractivity contribution in [2.24, 2.45) is 0 Å². The maximum absolute atomic E-state index is 13.1. The van der Waals surface area contributed by atoms with Gasteiger partial charge < -0.3 is 0 Å². The van der Waals surface area contributed by atoms with E-state index < -0.39 is 10.0 Å². The molecule has 2 aromatic carbocycles. The highest BCUT2D eigenvalue weighted by Crippen LogP contribution is 2.21. The second kappa shape index (κ2) is 8.89. The van der Waals surface area contributed by atoms with Crippen LogP contribution in [-0.2, 0) is 16.4 Å². The average molecular weight is 418 g/mol. The molecular formula is C20H23N3O3S2. The molecule has 8 heteroatoms. The maximum atomic E-state index is 13.1. The van der Waals surface area contributed by atoms with Gasteiger partial charge in [0.15, 0.2) is 5.16 Å². The van der Waals surface area contributed by atoms with Crippen LogP contribution in [-0.4, -0.2) is 36.0 Å². The predicted molar refractivity (Wildman–Crippen MR) is 115 cm³/mol. The molecular weight excluding hydrogens is 394 g/mol. The molecule has 1 heterocycles. The highest BCUT2D eigenvalue weighted by Gasteiger charge is 2.14. The number of sulfonamides is 1. The molecule has 0 spiro atoms. The fourth-order valence-corrected chi connectivity index (χ4v) is 4.37. The summed E-state index contributed by atoms with van der Waals surface area (Å²) in [6.45, 7) is 3.95. The molecule has 3 aromatic rings. The van der Waals surface area contributed by atoms with Gasteiger partial charge in [0.25, 0.3) is 5.56 Å². The summed E-state index contributed by atoms with van der Waals surface area (Å²) < 4.78 is 27.3. The van der Waals surface area contributed by atoms with E-state index in [1.54, 1.807) is 17.6 Å². The number of fused-ring (bicyclic) bond motifs is 1. The highest BCUT2D eigenvalue weighted by molar-refractivity contribution is 7.99. The van der Waals surface area contributed by atoms with Crippen LogP contribution in [0.3, 0.4) is 0 Å². The Morgan fingerprint density at radius 2 is 1.79 bits per heavy atom. The lowest BCUT2D eigenvalue weighted by atomic mass is 10.1. The van der Waals surface area contributed by atoms with Crippen molar-refractivity contribution in [3.8, 4) is 5.69 Å². The van der Waals surface area contributed by atoms with Crippen molar-refractivity contribution < 1.29 is 8.42 Å². The van der Waals surface area contributed by atoms with E-state index in [4.69, 9.17) is 0 Å². The zero-order valence-electron chi connectivity index (χ0n) is 15.9. The zero-order chi connectivity index (χ0) is 20.1. The Labute approximate surface area is 169 Å². The summed E-state index contributed by atoms with van der Waals surface area (Å²) in [5, 5.41) is 1.10. The standard InChI is InChI=1S/C20H23N3O3S2/c1-3-15-9-11-16(12-10-15)23-19(24)17-7-5-6-8-18(17)22-20(23)27-14-13-21-28(25,26)4-2/h5-12,21H,3-4,13-14H2,1-2H3. The third kappa shape index (κ3) is 4.63. The molecule has 0 amide bonds. The Kier molecular flexibility index (Phi) is 6.53. The molecule has 0 aliphatic carbocycles. The first-order valence-electron chi connectivity index (χ1n) is 9.16. The Hall–Kier alpha value is -2.16. The Morgan fingerprint density at radius 1 is 1.07 bits per heavy atom. The van der Waals surface area contributed by atoms with Crippen LogP contribution < -0.4 is 10.3 Å². The molecule has 28 heavy (non-hydrogen) atoms. The number of aryl methyl sites for hydroxylation is 1. The van der Waals surface area contributed by atoms with Gasteiger partial charge in [0.05, 0.1) is 22.3 Å². The van der Waals surface area contributed by atoms with Crippen molar-refractivity contribution in [3.63, 3.8) is 0 Å². The van der Waals surface area contributed by atoms with Crippen LogP contribution in [0.25, 0.3) is 16.6 Å². The summed E-state index contributed by atoms with van der Waals surface area (Å²) in [6, 6.07) is 15.1. The van der Waals surface area contributed by atoms with E-state index >= 15 is 0 Å². The van der Waals surface area contributed by atoms with Gasteiger partial charge in [-0.1, -0.05) is 43.0 Å². The van der Waals surface area contributed by atoms with Gasteiger partial charge in [0, 0.05) is 12.3 Å². The van der Waals surface area contributed by atoms with E-state index in [0.717, 1.165) is 12.1 Å². The number of rotatable bonds is 8. The summed E-state index contributed by atoms with van der Waals surface area (Å²) in [7, 11) is -3.24. The third-order valence-electron chi connectivity index (χ3n) is 4.38. The molecule has 0 bridgehead atoms. The summed E-state index contributed by atoms with van der Waals surface area (Å²) in [6.07, 6.45) is 0.921. The fourth-order valence-electron chi connectivity index (χ4n) is 2.76. The molecule has 0 saturated carbocycles. The van der Waals surface area contributed by atoms with E-state index in [2.05, 4.69) is 16.6 Å². The molecule has 1 N–H and O–H groups in total. The number of hydrogen-bond acceptors (Lipinski definition) is 5. The predicted octanol–water partition coefficient (Wildman–Crippen LogP) is 2.98. The van der Waals surface area contributed by atoms with Gasteiger partial charge in [-0.05, 0) is 43.2 Å². The van der Waals surface area contributed by atoms with E-state index in [1.165, 1.54) is 17.3 Å². The van der Waals surface area contributed by atoms with E-state index in [0.29, 0.717) is 21.8 Å². The maximum Gasteiger partial charge on any atom is 0.266 e. The van der Waals surface area contributed by atoms with E-state index in [1.807, 2.05) is 42.5 Å². The van der Waals surface area contributed by atoms with Crippen LogP contribution in [0.15, 0.2) is 58.5 Å². The van der Waals surface area contributed by atoms with Crippen LogP contribution in [0.5, 0.6) is 0 Å². The number of benzene rings is 2. The van der Waals surface area contributed by atoms with E-state index in [-0.39, 0.29) is 17.9 Å². The summed E-state index contributed by atoms with van der Waals surface area (Å²) >= 11 is 1.36. The topological polar surface area (TPSA) is 81.1 Å². The molecule has 1 aromatic heterocycles. The van der Waals surface area contributed by atoms with Crippen molar-refractivity contribution in [1.29, 1.82) is 0 Å². The number of nitrogens with zero attached hydrogens (tertiary/aromatic N) is 2. The first kappa shape index (κ1) is 20.6. The molecule has 0 aliphatic rings. The lowest BCUT2D eigenvalue weighted by Gasteiger charge is -2.14. The number of nitrogens with one attached hydrogen (secondary N) is 1. The number of para-hydroxylation sites is 1. The second-order valence-corrected chi connectivity index (χ2v) is 9.38. The van der Waals surface area contributed by atoms with Crippen molar-refractivity contribution in [1.82, 2.24) is 14.3 Å². The van der Waals surface area contributed by atoms with Crippen LogP contribution in [0.2, 0.25) is 0 Å². The SMILES string of the molecule is CCc1ccc(-n2c(SCCNS(=O)(=O)CC)nc3ccccc3c2=O)cc1. The molecule has 3 rings (SSSR count). The summed E-state index contributed by atoms with van der Waals surface area (Å²) in [5.41, 5.74) is 2.43. The molecule has 0 saturated heterocycles. The van der Waals surface area contributed by atoms with Gasteiger partial charge in [0.2, 0.25) is 10.0 Å². The van der Waals surface area contributed by atoms with Gasteiger partial charge in [0.1, 0.15) is 0 Å². The number of thioether (sulfide) groups is 1. The molecule has 0 aliphatic heterocycles. The molecule has 0 unspecified atom stereocenters. The normalized spacial score (nSPS) is 11.8. The third-order valence-corrected chi connectivity index (χ3v) is 6.73. The minimum atomic E-state index is -3.24. The van der Waals surface area contributed by atoms with Gasteiger partial charge in [-0.3, -0.25) is 9.36 Å². The minimum absolute atomic E-state index is 0.0420. The van der Waals surface area contributed by atoms with Crippen molar-refractivity contribution in [2.45, 2.75) is 25.4 Å². The average Bonchev–Trinajstić information content (AvgIpc) is 2.71. The molecule has 6 nitrogen and oxygen atoms in total. The lowest BCUT2D eigenvalue weighted by Crippen LogP contribution is -2.28. The van der Waals surface area contributed by atoms with Crippen molar-refractivity contribution in [3.05, 3.63) is 64.4 Å². The van der Waals surface area contributed by atoms with Crippen molar-refractivity contribution >= 4 is 32.7 Å². The summed E-state index contributed by atoms with van der Waals surface area (Å²) in [4.78, 5) is 17.8. The number of aromatic nitrogens is 2. The highest BCUT2D eigenvalue weighted by atomic mass is 32.2. The monoisotopic (exact) mass is 417 g/mol. The van der Waals surface area contributed by atoms with Crippen LogP contribution in [0, 0.1) is 0 Å². The second-order valence-electron chi connectivity index (χ2n) is 6.22. The Bertz CT molecular complexity index is 1120. The Balaban J connectivity index is 1.98.